The molecule has 6 nitrogen and oxygen atoms in total. The molecule has 0 bridgehead atoms. The molecule has 0 aromatic rings. The van der Waals surface area contributed by atoms with Crippen molar-refractivity contribution in [1.29, 1.82) is 0 Å². The van der Waals surface area contributed by atoms with Crippen molar-refractivity contribution in [1.82, 2.24) is 0 Å². The summed E-state index contributed by atoms with van der Waals surface area (Å²) in [4.78, 5) is 37.7. The second-order valence-corrected chi connectivity index (χ2v) is 16.0. The zero-order valence-corrected chi connectivity index (χ0v) is 36.3. The van der Waals surface area contributed by atoms with Crippen molar-refractivity contribution in [2.75, 3.05) is 13.2 Å². The van der Waals surface area contributed by atoms with Crippen LogP contribution in [0.3, 0.4) is 0 Å². The van der Waals surface area contributed by atoms with Gasteiger partial charge in [0, 0.05) is 19.3 Å². The molecular formula is C48H90O6. The molecule has 0 aromatic heterocycles. The molecule has 1 unspecified atom stereocenters. The zero-order chi connectivity index (χ0) is 39.4. The van der Waals surface area contributed by atoms with E-state index in [1.807, 2.05) is 0 Å². The molecule has 0 amide bonds. The summed E-state index contributed by atoms with van der Waals surface area (Å²) in [5.74, 6) is -0.868. The van der Waals surface area contributed by atoms with Gasteiger partial charge in [-0.2, -0.15) is 0 Å². The normalized spacial score (nSPS) is 12.0. The molecule has 0 radical (unpaired) electrons. The molecule has 0 N–H and O–H groups in total. The molecule has 0 heterocycles. The van der Waals surface area contributed by atoms with E-state index in [-0.39, 0.29) is 31.1 Å². The monoisotopic (exact) mass is 763 g/mol. The number of rotatable bonds is 43. The Hall–Kier alpha value is -1.85. The fourth-order valence-electron chi connectivity index (χ4n) is 6.91. The molecule has 0 aliphatic rings. The Kier molecular flexibility index (Phi) is 42.4. The molecule has 1 atom stereocenters. The molecule has 0 aliphatic carbocycles. The highest BCUT2D eigenvalue weighted by atomic mass is 16.6. The zero-order valence-electron chi connectivity index (χ0n) is 36.3. The van der Waals surface area contributed by atoms with Crippen molar-refractivity contribution >= 4 is 17.9 Å². The van der Waals surface area contributed by atoms with Gasteiger partial charge in [-0.1, -0.05) is 206 Å². The summed E-state index contributed by atoms with van der Waals surface area (Å²) in [6.45, 7) is 6.62. The maximum absolute atomic E-state index is 12.7. The van der Waals surface area contributed by atoms with Crippen molar-refractivity contribution in [2.24, 2.45) is 0 Å². The van der Waals surface area contributed by atoms with E-state index in [0.717, 1.165) is 64.2 Å². The van der Waals surface area contributed by atoms with Crippen LogP contribution in [0, 0.1) is 0 Å². The second kappa shape index (κ2) is 43.9. The minimum Gasteiger partial charge on any atom is -0.462 e. The maximum Gasteiger partial charge on any atom is 0.306 e. The Morgan fingerprint density at radius 3 is 0.944 bits per heavy atom. The maximum atomic E-state index is 12.7. The van der Waals surface area contributed by atoms with Crippen LogP contribution in [-0.4, -0.2) is 37.2 Å². The molecule has 0 rings (SSSR count). The van der Waals surface area contributed by atoms with E-state index in [1.165, 1.54) is 154 Å². The molecule has 0 aliphatic heterocycles. The molecule has 6 heteroatoms. The van der Waals surface area contributed by atoms with E-state index in [0.29, 0.717) is 19.3 Å². The third kappa shape index (κ3) is 41.3. The summed E-state index contributed by atoms with van der Waals surface area (Å²) >= 11 is 0. The number of allylic oxidation sites excluding steroid dienone is 2. The highest BCUT2D eigenvalue weighted by Gasteiger charge is 2.19. The van der Waals surface area contributed by atoms with Crippen LogP contribution < -0.4 is 0 Å². The van der Waals surface area contributed by atoms with Crippen molar-refractivity contribution in [3.05, 3.63) is 12.2 Å². The first-order valence-corrected chi connectivity index (χ1v) is 23.7. The highest BCUT2D eigenvalue weighted by molar-refractivity contribution is 5.71. The number of ether oxygens (including phenoxy) is 3. The molecule has 54 heavy (non-hydrogen) atoms. The number of hydrogen-bond donors (Lipinski definition) is 0. The van der Waals surface area contributed by atoms with Gasteiger partial charge in [-0.25, -0.2) is 0 Å². The van der Waals surface area contributed by atoms with Gasteiger partial charge >= 0.3 is 17.9 Å². The van der Waals surface area contributed by atoms with E-state index in [1.54, 1.807) is 0 Å². The lowest BCUT2D eigenvalue weighted by Gasteiger charge is -2.18. The lowest BCUT2D eigenvalue weighted by Crippen LogP contribution is -2.30. The number of carbonyl (C=O) groups is 3. The highest BCUT2D eigenvalue weighted by Crippen LogP contribution is 2.15. The first-order valence-electron chi connectivity index (χ1n) is 23.7. The fraction of sp³-hybridized carbons (Fsp3) is 0.896. The van der Waals surface area contributed by atoms with Crippen molar-refractivity contribution in [3.8, 4) is 0 Å². The molecule has 0 aromatic carbocycles. The summed E-state index contributed by atoms with van der Waals surface area (Å²) in [5, 5.41) is 0. The Morgan fingerprint density at radius 1 is 0.352 bits per heavy atom. The Morgan fingerprint density at radius 2 is 0.611 bits per heavy atom. The first-order chi connectivity index (χ1) is 26.5. The van der Waals surface area contributed by atoms with Crippen LogP contribution in [0.4, 0.5) is 0 Å². The van der Waals surface area contributed by atoms with Crippen LogP contribution in [-0.2, 0) is 28.6 Å². The molecule has 318 valence electrons. The lowest BCUT2D eigenvalue weighted by molar-refractivity contribution is -0.167. The molecule has 0 spiro atoms. The van der Waals surface area contributed by atoms with Crippen LogP contribution in [0.1, 0.15) is 258 Å². The fourth-order valence-corrected chi connectivity index (χ4v) is 6.91. The van der Waals surface area contributed by atoms with Gasteiger partial charge in [0.2, 0.25) is 0 Å². The quantitative estimate of drug-likeness (QED) is 0.0266. The summed E-state index contributed by atoms with van der Waals surface area (Å²) in [6, 6.07) is 0. The average molecular weight is 763 g/mol. The first kappa shape index (κ1) is 52.2. The van der Waals surface area contributed by atoms with Gasteiger partial charge in [-0.15, -0.1) is 0 Å². The van der Waals surface area contributed by atoms with Gasteiger partial charge in [-0.3, -0.25) is 14.4 Å². The van der Waals surface area contributed by atoms with Crippen LogP contribution in [0.5, 0.6) is 0 Å². The average Bonchev–Trinajstić information content (AvgIpc) is 3.17. The van der Waals surface area contributed by atoms with Crippen molar-refractivity contribution in [3.63, 3.8) is 0 Å². The number of carbonyl (C=O) groups excluding carboxylic acids is 3. The predicted molar refractivity (Wildman–Crippen MR) is 229 cm³/mol. The Bertz CT molecular complexity index is 839. The summed E-state index contributed by atoms with van der Waals surface area (Å²) in [7, 11) is 0. The van der Waals surface area contributed by atoms with E-state index in [4.69, 9.17) is 14.2 Å². The minimum absolute atomic E-state index is 0.0679. The molecule has 0 saturated carbocycles. The predicted octanol–water partition coefficient (Wildman–Crippen LogP) is 15.0. The Labute approximate surface area is 335 Å². The van der Waals surface area contributed by atoms with Crippen molar-refractivity contribution < 1.29 is 28.6 Å². The second-order valence-electron chi connectivity index (χ2n) is 16.0. The minimum atomic E-state index is -0.764. The number of hydrogen-bond acceptors (Lipinski definition) is 6. The van der Waals surface area contributed by atoms with Crippen LogP contribution >= 0.6 is 0 Å². The molecule has 0 saturated heterocycles. The Balaban J connectivity index is 4.35. The standard InChI is InChI=1S/C48H90O6/c1-4-7-10-13-16-19-22-24-27-29-32-35-38-41-47(50)53-44-45(43-52-46(49)40-37-34-31-28-25-21-18-15-12-9-6-3)54-48(51)42-39-36-33-30-26-23-20-17-14-11-8-5-2/h19,22,45H,4-18,20-21,23-44H2,1-3H3/b22-19-. The van der Waals surface area contributed by atoms with E-state index >= 15 is 0 Å². The SMILES string of the molecule is CCCCCC/C=C\CCCCCCCC(=O)OCC(COC(=O)CCCCCCCCCCCCC)OC(=O)CCCCCCCCCCCCCC. The van der Waals surface area contributed by atoms with Gasteiger partial charge in [-0.05, 0) is 44.9 Å². The van der Waals surface area contributed by atoms with E-state index < -0.39 is 6.10 Å². The van der Waals surface area contributed by atoms with E-state index in [9.17, 15) is 14.4 Å². The number of unbranched alkanes of at least 4 members (excludes halogenated alkanes) is 30. The topological polar surface area (TPSA) is 78.9 Å². The largest absolute Gasteiger partial charge is 0.462 e. The van der Waals surface area contributed by atoms with Crippen LogP contribution in [0.2, 0.25) is 0 Å². The number of esters is 3. The van der Waals surface area contributed by atoms with Gasteiger partial charge in [0.15, 0.2) is 6.10 Å². The third-order valence-electron chi connectivity index (χ3n) is 10.5. The third-order valence-corrected chi connectivity index (χ3v) is 10.5. The van der Waals surface area contributed by atoms with Gasteiger partial charge in [0.05, 0.1) is 0 Å². The van der Waals surface area contributed by atoms with Gasteiger partial charge in [0.25, 0.3) is 0 Å². The van der Waals surface area contributed by atoms with Gasteiger partial charge in [0.1, 0.15) is 13.2 Å². The molecular weight excluding hydrogens is 673 g/mol. The smallest absolute Gasteiger partial charge is 0.306 e. The summed E-state index contributed by atoms with van der Waals surface area (Å²) in [5.41, 5.74) is 0. The summed E-state index contributed by atoms with van der Waals surface area (Å²) < 4.78 is 16.7. The van der Waals surface area contributed by atoms with Crippen LogP contribution in [0.25, 0.3) is 0 Å². The van der Waals surface area contributed by atoms with Gasteiger partial charge < -0.3 is 14.2 Å². The molecule has 0 fully saturated rings. The van der Waals surface area contributed by atoms with Crippen molar-refractivity contribution in [2.45, 2.75) is 264 Å². The van der Waals surface area contributed by atoms with Crippen LogP contribution in [0.15, 0.2) is 12.2 Å². The summed E-state index contributed by atoms with van der Waals surface area (Å²) in [6.07, 6.45) is 46.1. The van der Waals surface area contributed by atoms with E-state index in [2.05, 4.69) is 32.9 Å². The lowest BCUT2D eigenvalue weighted by atomic mass is 10.0.